The number of halogens is 2. The number of furan rings is 1. The van der Waals surface area contributed by atoms with Crippen LogP contribution < -0.4 is 14.9 Å². The van der Waals surface area contributed by atoms with Crippen molar-refractivity contribution < 1.29 is 13.9 Å². The summed E-state index contributed by atoms with van der Waals surface area (Å²) >= 11 is 15.6. The van der Waals surface area contributed by atoms with E-state index in [0.717, 1.165) is 15.8 Å². The number of carbonyl (C=O) groups excluding carboxylic acids is 1. The van der Waals surface area contributed by atoms with Gasteiger partial charge in [0, 0.05) is 28.1 Å². The Balaban J connectivity index is 1.43. The topological polar surface area (TPSA) is 86.7 Å². The molecule has 41 heavy (non-hydrogen) atoms. The van der Waals surface area contributed by atoms with E-state index in [1.165, 1.54) is 27.7 Å². The van der Waals surface area contributed by atoms with E-state index in [9.17, 15) is 9.59 Å². The van der Waals surface area contributed by atoms with Crippen molar-refractivity contribution in [3.8, 4) is 0 Å². The molecule has 0 N–H and O–H groups in total. The SMILES string of the molecule is CCOC(=O)C1=C(C)N=c2s/c(=C\c3ccc(Sc4cccc5cccnc45)o3)c(=O)n2[C@H]1c1cccc(Cl)c1Cl. The Hall–Kier alpha value is -3.63. The molecule has 0 fully saturated rings. The van der Waals surface area contributed by atoms with Gasteiger partial charge in [-0.05, 0) is 55.9 Å². The van der Waals surface area contributed by atoms with Crippen LogP contribution in [0.15, 0.2) is 102 Å². The van der Waals surface area contributed by atoms with Gasteiger partial charge in [0.15, 0.2) is 9.89 Å². The molecule has 3 aromatic heterocycles. The molecule has 4 heterocycles. The van der Waals surface area contributed by atoms with E-state index < -0.39 is 12.0 Å². The normalized spacial score (nSPS) is 15.2. The van der Waals surface area contributed by atoms with Crippen LogP contribution in [0.5, 0.6) is 0 Å². The first-order valence-corrected chi connectivity index (χ1v) is 15.0. The van der Waals surface area contributed by atoms with Crippen molar-refractivity contribution in [1.29, 1.82) is 0 Å². The maximum atomic E-state index is 13.9. The molecule has 11 heteroatoms. The van der Waals surface area contributed by atoms with Crippen LogP contribution in [0.3, 0.4) is 0 Å². The van der Waals surface area contributed by atoms with Crippen LogP contribution in [0.2, 0.25) is 10.0 Å². The van der Waals surface area contributed by atoms with Crippen molar-refractivity contribution in [2.45, 2.75) is 29.9 Å². The first-order chi connectivity index (χ1) is 19.9. The molecule has 0 radical (unpaired) electrons. The molecule has 0 bridgehead atoms. The third-order valence-electron chi connectivity index (χ3n) is 6.47. The van der Waals surface area contributed by atoms with Crippen LogP contribution in [-0.2, 0) is 9.53 Å². The first-order valence-electron chi connectivity index (χ1n) is 12.6. The van der Waals surface area contributed by atoms with E-state index in [1.807, 2.05) is 36.4 Å². The molecule has 0 unspecified atom stereocenters. The maximum absolute atomic E-state index is 13.9. The molecule has 6 rings (SSSR count). The molecular weight excluding hydrogens is 601 g/mol. The largest absolute Gasteiger partial charge is 0.463 e. The highest BCUT2D eigenvalue weighted by atomic mass is 35.5. The van der Waals surface area contributed by atoms with E-state index >= 15 is 0 Å². The quantitative estimate of drug-likeness (QED) is 0.204. The monoisotopic (exact) mass is 621 g/mol. The van der Waals surface area contributed by atoms with Crippen molar-refractivity contribution in [3.05, 3.63) is 119 Å². The Morgan fingerprint density at radius 2 is 1.95 bits per heavy atom. The van der Waals surface area contributed by atoms with Gasteiger partial charge >= 0.3 is 5.97 Å². The number of hydrogen-bond donors (Lipinski definition) is 0. The minimum atomic E-state index is -0.861. The van der Waals surface area contributed by atoms with Gasteiger partial charge in [-0.2, -0.15) is 0 Å². The molecule has 206 valence electrons. The fourth-order valence-electron chi connectivity index (χ4n) is 4.68. The second kappa shape index (κ2) is 11.3. The fourth-order valence-corrected chi connectivity index (χ4v) is 7.02. The average Bonchev–Trinajstić information content (AvgIpc) is 3.53. The summed E-state index contributed by atoms with van der Waals surface area (Å²) in [5.41, 5.74) is 1.73. The van der Waals surface area contributed by atoms with E-state index in [2.05, 4.69) is 9.98 Å². The fraction of sp³-hybridized carbons (Fsp3) is 0.133. The van der Waals surface area contributed by atoms with Crippen LogP contribution in [0.4, 0.5) is 0 Å². The standard InChI is InChI=1S/C30H21Cl2N3O4S2/c1-3-38-29(37)24-16(2)34-30-35(27(24)19-9-5-10-20(31)25(19)32)28(36)22(41-30)15-18-12-13-23(39-18)40-21-11-4-7-17-8-6-14-33-26(17)21/h4-15,27H,3H2,1-2H3/b22-15-/t27-/m0/s1. The highest BCUT2D eigenvalue weighted by Crippen LogP contribution is 2.38. The van der Waals surface area contributed by atoms with Gasteiger partial charge in [-0.1, -0.05) is 64.9 Å². The Morgan fingerprint density at radius 1 is 1.15 bits per heavy atom. The Kier molecular flexibility index (Phi) is 7.61. The minimum absolute atomic E-state index is 0.170. The van der Waals surface area contributed by atoms with Gasteiger partial charge in [-0.3, -0.25) is 14.3 Å². The molecule has 1 aliphatic rings. The molecule has 0 aliphatic carbocycles. The number of para-hydroxylation sites is 1. The van der Waals surface area contributed by atoms with Gasteiger partial charge in [-0.15, -0.1) is 0 Å². The number of pyridine rings is 1. The number of allylic oxidation sites excluding steroid dienone is 1. The summed E-state index contributed by atoms with van der Waals surface area (Å²) in [6, 6.07) is 17.8. The van der Waals surface area contributed by atoms with Gasteiger partial charge in [0.25, 0.3) is 5.56 Å². The number of fused-ring (bicyclic) bond motifs is 2. The van der Waals surface area contributed by atoms with Crippen molar-refractivity contribution in [1.82, 2.24) is 9.55 Å². The number of ether oxygens (including phenoxy) is 1. The zero-order valence-electron chi connectivity index (χ0n) is 21.8. The Morgan fingerprint density at radius 3 is 2.78 bits per heavy atom. The Bertz CT molecular complexity index is 2040. The van der Waals surface area contributed by atoms with Crippen molar-refractivity contribution in [3.63, 3.8) is 0 Å². The van der Waals surface area contributed by atoms with Crippen molar-refractivity contribution in [2.75, 3.05) is 6.61 Å². The lowest BCUT2D eigenvalue weighted by Crippen LogP contribution is -2.40. The number of rotatable bonds is 6. The van der Waals surface area contributed by atoms with Gasteiger partial charge < -0.3 is 9.15 Å². The molecule has 0 amide bonds. The number of thiazole rings is 1. The predicted octanol–water partition coefficient (Wildman–Crippen LogP) is 6.40. The highest BCUT2D eigenvalue weighted by molar-refractivity contribution is 7.99. The van der Waals surface area contributed by atoms with E-state index in [4.69, 9.17) is 32.4 Å². The van der Waals surface area contributed by atoms with E-state index in [1.54, 1.807) is 50.4 Å². The summed E-state index contributed by atoms with van der Waals surface area (Å²) in [5.74, 6) is -0.0654. The number of esters is 1. The van der Waals surface area contributed by atoms with E-state index in [0.29, 0.717) is 36.5 Å². The third kappa shape index (κ3) is 5.15. The number of carbonyl (C=O) groups is 1. The molecule has 1 aliphatic heterocycles. The number of benzene rings is 2. The van der Waals surface area contributed by atoms with Crippen LogP contribution >= 0.6 is 46.3 Å². The molecule has 0 saturated heterocycles. The predicted molar refractivity (Wildman–Crippen MR) is 161 cm³/mol. The average molecular weight is 623 g/mol. The number of hydrogen-bond acceptors (Lipinski definition) is 8. The molecule has 0 spiro atoms. The summed E-state index contributed by atoms with van der Waals surface area (Å²) in [5, 5.41) is 2.26. The van der Waals surface area contributed by atoms with Crippen LogP contribution in [-0.4, -0.2) is 22.1 Å². The van der Waals surface area contributed by atoms with Crippen LogP contribution in [0, 0.1) is 0 Å². The first kappa shape index (κ1) is 27.5. The van der Waals surface area contributed by atoms with Gasteiger partial charge in [0.05, 0.1) is 38.0 Å². The zero-order chi connectivity index (χ0) is 28.7. The van der Waals surface area contributed by atoms with Gasteiger partial charge in [-0.25, -0.2) is 9.79 Å². The maximum Gasteiger partial charge on any atom is 0.338 e. The highest BCUT2D eigenvalue weighted by Gasteiger charge is 2.35. The molecule has 5 aromatic rings. The zero-order valence-corrected chi connectivity index (χ0v) is 24.9. The van der Waals surface area contributed by atoms with Gasteiger partial charge in [0.2, 0.25) is 0 Å². The van der Waals surface area contributed by atoms with Crippen LogP contribution in [0.1, 0.15) is 31.2 Å². The van der Waals surface area contributed by atoms with Crippen LogP contribution in [0.25, 0.3) is 17.0 Å². The lowest BCUT2D eigenvalue weighted by Gasteiger charge is -2.25. The molecule has 2 aromatic carbocycles. The van der Waals surface area contributed by atoms with Gasteiger partial charge in [0.1, 0.15) is 11.8 Å². The number of nitrogens with zero attached hydrogens (tertiary/aromatic N) is 3. The van der Waals surface area contributed by atoms with Crippen molar-refractivity contribution >= 4 is 69.2 Å². The smallest absolute Gasteiger partial charge is 0.338 e. The summed E-state index contributed by atoms with van der Waals surface area (Å²) in [6.07, 6.45) is 3.44. The molecule has 1 atom stereocenters. The lowest BCUT2D eigenvalue weighted by molar-refractivity contribution is -0.139. The minimum Gasteiger partial charge on any atom is -0.463 e. The Labute approximate surface area is 252 Å². The molecule has 7 nitrogen and oxygen atoms in total. The van der Waals surface area contributed by atoms with Crippen molar-refractivity contribution in [2.24, 2.45) is 4.99 Å². The summed E-state index contributed by atoms with van der Waals surface area (Å²) in [7, 11) is 0. The summed E-state index contributed by atoms with van der Waals surface area (Å²) < 4.78 is 13.3. The summed E-state index contributed by atoms with van der Waals surface area (Å²) in [4.78, 5) is 37.4. The molecular formula is C30H21Cl2N3O4S2. The summed E-state index contributed by atoms with van der Waals surface area (Å²) in [6.45, 7) is 3.60. The lowest BCUT2D eigenvalue weighted by atomic mass is 9.96. The third-order valence-corrected chi connectivity index (χ3v) is 9.26. The van der Waals surface area contributed by atoms with E-state index in [-0.39, 0.29) is 22.8 Å². The second-order valence-electron chi connectivity index (χ2n) is 9.04. The number of aromatic nitrogens is 2. The second-order valence-corrected chi connectivity index (χ2v) is 11.9. The molecule has 0 saturated carbocycles.